The standard InChI is InChI=1S/C11H16N2/c1-13-9-5-8-11(13)12-10-6-3-2-4-7-10/h2-4,6-7,11-12H,5,8-9H2,1H3/t11-/m0/s1. The van der Waals surface area contributed by atoms with E-state index in [1.165, 1.54) is 25.1 Å². The molecule has 0 saturated carbocycles. The molecule has 1 atom stereocenters. The lowest BCUT2D eigenvalue weighted by Crippen LogP contribution is -2.31. The van der Waals surface area contributed by atoms with Crippen molar-refractivity contribution in [3.8, 4) is 0 Å². The van der Waals surface area contributed by atoms with Crippen LogP contribution in [-0.2, 0) is 0 Å². The van der Waals surface area contributed by atoms with Gasteiger partial charge < -0.3 is 5.32 Å². The van der Waals surface area contributed by atoms with Crippen LogP contribution in [0.3, 0.4) is 0 Å². The van der Waals surface area contributed by atoms with Crippen LogP contribution in [0, 0.1) is 0 Å². The second-order valence-electron chi connectivity index (χ2n) is 3.65. The second-order valence-corrected chi connectivity index (χ2v) is 3.65. The summed E-state index contributed by atoms with van der Waals surface area (Å²) in [5, 5.41) is 3.52. The van der Waals surface area contributed by atoms with Gasteiger partial charge in [0.1, 0.15) is 0 Å². The lowest BCUT2D eigenvalue weighted by atomic mass is 10.3. The van der Waals surface area contributed by atoms with Gasteiger partial charge in [-0.3, -0.25) is 4.90 Å². The van der Waals surface area contributed by atoms with Crippen LogP contribution in [0.4, 0.5) is 5.69 Å². The van der Waals surface area contributed by atoms with Crippen molar-refractivity contribution in [1.29, 1.82) is 0 Å². The van der Waals surface area contributed by atoms with Gasteiger partial charge in [0, 0.05) is 5.69 Å². The molecule has 2 heteroatoms. The molecule has 70 valence electrons. The molecule has 0 radical (unpaired) electrons. The van der Waals surface area contributed by atoms with Crippen molar-refractivity contribution < 1.29 is 0 Å². The molecule has 2 nitrogen and oxygen atoms in total. The number of rotatable bonds is 2. The van der Waals surface area contributed by atoms with Crippen LogP contribution in [0.25, 0.3) is 0 Å². The van der Waals surface area contributed by atoms with Gasteiger partial charge >= 0.3 is 0 Å². The molecule has 1 aromatic carbocycles. The van der Waals surface area contributed by atoms with E-state index in [1.54, 1.807) is 0 Å². The SMILES string of the molecule is CN1CCC[C@H]1Nc1ccccc1. The molecular formula is C11H16N2. The minimum atomic E-state index is 0.530. The largest absolute Gasteiger partial charge is 0.370 e. The van der Waals surface area contributed by atoms with E-state index in [0.717, 1.165) is 0 Å². The Hall–Kier alpha value is -1.02. The van der Waals surface area contributed by atoms with Crippen LogP contribution in [-0.4, -0.2) is 24.7 Å². The normalized spacial score (nSPS) is 23.3. The van der Waals surface area contributed by atoms with E-state index < -0.39 is 0 Å². The van der Waals surface area contributed by atoms with Crippen LogP contribution >= 0.6 is 0 Å². The molecule has 1 saturated heterocycles. The van der Waals surface area contributed by atoms with E-state index in [2.05, 4.69) is 41.5 Å². The summed E-state index contributed by atoms with van der Waals surface area (Å²) in [6, 6.07) is 10.4. The number of hydrogen-bond acceptors (Lipinski definition) is 2. The zero-order chi connectivity index (χ0) is 9.10. The third kappa shape index (κ3) is 2.01. The third-order valence-electron chi connectivity index (χ3n) is 2.63. The van der Waals surface area contributed by atoms with Gasteiger partial charge in [0.05, 0.1) is 6.17 Å². The lowest BCUT2D eigenvalue weighted by Gasteiger charge is -2.21. The van der Waals surface area contributed by atoms with E-state index in [-0.39, 0.29) is 0 Å². The minimum Gasteiger partial charge on any atom is -0.370 e. The maximum atomic E-state index is 3.52. The Kier molecular flexibility index (Phi) is 2.50. The third-order valence-corrected chi connectivity index (χ3v) is 2.63. The van der Waals surface area contributed by atoms with Crippen molar-refractivity contribution in [3.63, 3.8) is 0 Å². The first-order valence-corrected chi connectivity index (χ1v) is 4.88. The molecule has 13 heavy (non-hydrogen) atoms. The maximum Gasteiger partial charge on any atom is 0.0791 e. The summed E-state index contributed by atoms with van der Waals surface area (Å²) in [5.74, 6) is 0. The molecule has 1 aromatic rings. The summed E-state index contributed by atoms with van der Waals surface area (Å²) in [6.45, 7) is 1.21. The fourth-order valence-corrected chi connectivity index (χ4v) is 1.82. The highest BCUT2D eigenvalue weighted by Crippen LogP contribution is 2.17. The summed E-state index contributed by atoms with van der Waals surface area (Å²) >= 11 is 0. The van der Waals surface area contributed by atoms with E-state index in [1.807, 2.05) is 6.07 Å². The molecule has 0 spiro atoms. The minimum absolute atomic E-state index is 0.530. The number of hydrogen-bond donors (Lipinski definition) is 1. The van der Waals surface area contributed by atoms with Crippen molar-refractivity contribution >= 4 is 5.69 Å². The Morgan fingerprint density at radius 2 is 2.08 bits per heavy atom. The average molecular weight is 176 g/mol. The van der Waals surface area contributed by atoms with Gasteiger partial charge in [-0.25, -0.2) is 0 Å². The maximum absolute atomic E-state index is 3.52. The Morgan fingerprint density at radius 3 is 2.69 bits per heavy atom. The number of nitrogens with one attached hydrogen (secondary N) is 1. The molecular weight excluding hydrogens is 160 g/mol. The van der Waals surface area contributed by atoms with Gasteiger partial charge in [0.15, 0.2) is 0 Å². The highest BCUT2D eigenvalue weighted by Gasteiger charge is 2.19. The molecule has 0 aromatic heterocycles. The van der Waals surface area contributed by atoms with Crippen molar-refractivity contribution in [2.75, 3.05) is 18.9 Å². The molecule has 1 fully saturated rings. The predicted octanol–water partition coefficient (Wildman–Crippen LogP) is 2.15. The molecule has 0 bridgehead atoms. The van der Waals surface area contributed by atoms with Gasteiger partial charge in [-0.2, -0.15) is 0 Å². The Morgan fingerprint density at radius 1 is 1.31 bits per heavy atom. The first kappa shape index (κ1) is 8.57. The molecule has 1 aliphatic heterocycles. The van der Waals surface area contributed by atoms with E-state index in [9.17, 15) is 0 Å². The first-order valence-electron chi connectivity index (χ1n) is 4.88. The fraction of sp³-hybridized carbons (Fsp3) is 0.455. The molecule has 0 unspecified atom stereocenters. The Balaban J connectivity index is 1.98. The van der Waals surface area contributed by atoms with Crippen molar-refractivity contribution in [3.05, 3.63) is 30.3 Å². The first-order chi connectivity index (χ1) is 6.36. The van der Waals surface area contributed by atoms with Crippen LogP contribution in [0.5, 0.6) is 0 Å². The summed E-state index contributed by atoms with van der Waals surface area (Å²) in [6.07, 6.45) is 3.09. The Labute approximate surface area is 79.6 Å². The number of likely N-dealkylation sites (tertiary alicyclic amines) is 1. The zero-order valence-corrected chi connectivity index (χ0v) is 8.03. The average Bonchev–Trinajstić information content (AvgIpc) is 2.54. The zero-order valence-electron chi connectivity index (χ0n) is 8.03. The van der Waals surface area contributed by atoms with Gasteiger partial charge in [-0.1, -0.05) is 18.2 Å². The van der Waals surface area contributed by atoms with E-state index >= 15 is 0 Å². The fourth-order valence-electron chi connectivity index (χ4n) is 1.82. The predicted molar refractivity (Wildman–Crippen MR) is 55.7 cm³/mol. The Bertz CT molecular complexity index is 258. The van der Waals surface area contributed by atoms with E-state index in [0.29, 0.717) is 6.17 Å². The summed E-state index contributed by atoms with van der Waals surface area (Å²) < 4.78 is 0. The van der Waals surface area contributed by atoms with Gasteiger partial charge in [-0.15, -0.1) is 0 Å². The highest BCUT2D eigenvalue weighted by atomic mass is 15.3. The molecule has 2 rings (SSSR count). The quantitative estimate of drug-likeness (QED) is 0.742. The monoisotopic (exact) mass is 176 g/mol. The molecule has 1 aliphatic rings. The van der Waals surface area contributed by atoms with Crippen LogP contribution in [0.1, 0.15) is 12.8 Å². The van der Waals surface area contributed by atoms with Crippen molar-refractivity contribution in [2.24, 2.45) is 0 Å². The smallest absolute Gasteiger partial charge is 0.0791 e. The van der Waals surface area contributed by atoms with Gasteiger partial charge in [-0.05, 0) is 38.6 Å². The molecule has 0 amide bonds. The lowest BCUT2D eigenvalue weighted by molar-refractivity contribution is 0.338. The molecule has 1 heterocycles. The van der Waals surface area contributed by atoms with Crippen LogP contribution in [0.15, 0.2) is 30.3 Å². The highest BCUT2D eigenvalue weighted by molar-refractivity contribution is 5.43. The van der Waals surface area contributed by atoms with Gasteiger partial charge in [0.25, 0.3) is 0 Å². The topological polar surface area (TPSA) is 15.3 Å². The van der Waals surface area contributed by atoms with Crippen molar-refractivity contribution in [2.45, 2.75) is 19.0 Å². The van der Waals surface area contributed by atoms with E-state index in [4.69, 9.17) is 0 Å². The summed E-state index contributed by atoms with van der Waals surface area (Å²) in [5.41, 5.74) is 1.22. The number of benzene rings is 1. The number of anilines is 1. The number of nitrogens with zero attached hydrogens (tertiary/aromatic N) is 1. The molecule has 1 N–H and O–H groups in total. The van der Waals surface area contributed by atoms with Gasteiger partial charge in [0.2, 0.25) is 0 Å². The van der Waals surface area contributed by atoms with Crippen molar-refractivity contribution in [1.82, 2.24) is 4.90 Å². The number of para-hydroxylation sites is 1. The summed E-state index contributed by atoms with van der Waals surface area (Å²) in [4.78, 5) is 2.37. The molecule has 0 aliphatic carbocycles. The van der Waals surface area contributed by atoms with Crippen LogP contribution < -0.4 is 5.32 Å². The summed E-state index contributed by atoms with van der Waals surface area (Å²) in [7, 11) is 2.17. The second kappa shape index (κ2) is 3.79. The van der Waals surface area contributed by atoms with Crippen LogP contribution in [0.2, 0.25) is 0 Å².